The van der Waals surface area contributed by atoms with E-state index < -0.39 is 19.4 Å². The van der Waals surface area contributed by atoms with Crippen LogP contribution in [-0.4, -0.2) is 109 Å². The van der Waals surface area contributed by atoms with Gasteiger partial charge in [-0.15, -0.1) is 0 Å². The fraction of sp³-hybridized carbons (Fsp3) is 0.583. The summed E-state index contributed by atoms with van der Waals surface area (Å²) in [6, 6.07) is 11.4. The number of aryl methyl sites for hydroxylation is 2. The van der Waals surface area contributed by atoms with Crippen LogP contribution in [0, 0.1) is 25.7 Å². The number of amides is 4. The Kier molecular flexibility index (Phi) is 11.5. The number of hydrogen-bond donors (Lipinski definition) is 2. The van der Waals surface area contributed by atoms with Crippen LogP contribution < -0.4 is 5.32 Å². The van der Waals surface area contributed by atoms with Gasteiger partial charge in [-0.25, -0.2) is 18.0 Å². The predicted molar refractivity (Wildman–Crippen MR) is 199 cm³/mol. The van der Waals surface area contributed by atoms with Gasteiger partial charge in [0.1, 0.15) is 5.75 Å². The van der Waals surface area contributed by atoms with E-state index in [1.807, 2.05) is 55.1 Å². The topological polar surface area (TPSA) is 140 Å². The van der Waals surface area contributed by atoms with E-state index in [0.29, 0.717) is 81.6 Å². The van der Waals surface area contributed by atoms with Crippen molar-refractivity contribution in [2.45, 2.75) is 77.4 Å². The number of likely N-dealkylation sites (tertiary alicyclic amines) is 2. The largest absolute Gasteiger partial charge is 0.507 e. The highest BCUT2D eigenvalue weighted by Crippen LogP contribution is 2.34. The lowest BCUT2D eigenvalue weighted by atomic mass is 9.79. The minimum absolute atomic E-state index is 0.00625. The zero-order valence-corrected chi connectivity index (χ0v) is 31.8. The number of ether oxygens (including phenoxy) is 1. The van der Waals surface area contributed by atoms with E-state index >= 15 is 0 Å². The molecule has 2 N–H and O–H groups in total. The molecule has 4 amide bonds. The molecule has 0 saturated carbocycles. The van der Waals surface area contributed by atoms with Crippen molar-refractivity contribution in [3.8, 4) is 5.75 Å². The van der Waals surface area contributed by atoms with E-state index in [1.54, 1.807) is 14.1 Å². The molecule has 272 valence electrons. The highest BCUT2D eigenvalue weighted by Gasteiger charge is 2.37. The number of phenols is 1. The molecule has 6 rings (SSSR count). The molecule has 0 aromatic heterocycles. The highest BCUT2D eigenvalue weighted by molar-refractivity contribution is 14.2. The van der Waals surface area contributed by atoms with Gasteiger partial charge in [-0.1, -0.05) is 30.3 Å². The summed E-state index contributed by atoms with van der Waals surface area (Å²) in [4.78, 5) is 46.1. The number of hydrogen-bond acceptors (Lipinski definition) is 7. The van der Waals surface area contributed by atoms with Gasteiger partial charge in [-0.05, 0) is 98.9 Å². The molecular formula is C36H48IN5O7S. The van der Waals surface area contributed by atoms with Crippen LogP contribution in [0.3, 0.4) is 0 Å². The number of urea groups is 1. The molecule has 4 aliphatic heterocycles. The lowest BCUT2D eigenvalue weighted by Crippen LogP contribution is -2.52. The van der Waals surface area contributed by atoms with E-state index in [9.17, 15) is 27.9 Å². The fourth-order valence-electron chi connectivity index (χ4n) is 8.21. The van der Waals surface area contributed by atoms with E-state index in [2.05, 4.69) is 5.32 Å². The summed E-state index contributed by atoms with van der Waals surface area (Å²) in [5.74, 6) is 0.837. The Hall–Kier alpha value is -3.11. The zero-order chi connectivity index (χ0) is 35.6. The van der Waals surface area contributed by atoms with Crippen LogP contribution in [0.2, 0.25) is 0 Å². The number of anilines is 1. The third-order valence-electron chi connectivity index (χ3n) is 11.1. The minimum atomic E-state index is -3.21. The summed E-state index contributed by atoms with van der Waals surface area (Å²) < 4.78 is 31.5. The molecule has 1 atom stereocenters. The first kappa shape index (κ1) is 36.7. The number of nitrogens with zero attached hydrogens (tertiary/aromatic N) is 4. The van der Waals surface area contributed by atoms with E-state index in [0.717, 1.165) is 48.9 Å². The Morgan fingerprint density at radius 3 is 2.10 bits per heavy atom. The maximum atomic E-state index is 14.1. The molecule has 4 heterocycles. The Bertz CT molecular complexity index is 1660. The second-order valence-corrected chi connectivity index (χ2v) is 18.9. The number of carbonyl (C=O) groups is 3. The monoisotopic (exact) mass is 821 g/mol. The Labute approximate surface area is 307 Å². The van der Waals surface area contributed by atoms with Gasteiger partial charge in [-0.3, -0.25) is 4.79 Å². The SMILES string of the molecule is Cc1cc(C[C@@H](OC(=O)N2CCC(N3CCc4ccccc4NC3=O)CC2)C(=O)N2CCC(C3CCN(S(=O)(=O)I)CC3)CC2)cc(C)c1O. The summed E-state index contributed by atoms with van der Waals surface area (Å²) in [5.41, 5.74) is 4.15. The maximum Gasteiger partial charge on any atom is 0.410 e. The fourth-order valence-corrected chi connectivity index (χ4v) is 10.0. The lowest BCUT2D eigenvalue weighted by Gasteiger charge is -2.40. The Morgan fingerprint density at radius 1 is 0.900 bits per heavy atom. The first-order chi connectivity index (χ1) is 23.9. The minimum Gasteiger partial charge on any atom is -0.507 e. The highest BCUT2D eigenvalue weighted by atomic mass is 127. The van der Waals surface area contributed by atoms with Gasteiger partial charge in [0.25, 0.3) is 13.1 Å². The van der Waals surface area contributed by atoms with Crippen molar-refractivity contribution in [3.05, 3.63) is 58.7 Å². The van der Waals surface area contributed by atoms with Gasteiger partial charge in [0, 0.05) is 64.0 Å². The average molecular weight is 822 g/mol. The van der Waals surface area contributed by atoms with E-state index in [4.69, 9.17) is 4.74 Å². The molecule has 0 unspecified atom stereocenters. The molecule has 12 nitrogen and oxygen atoms in total. The number of para-hydroxylation sites is 1. The molecule has 2 aromatic carbocycles. The summed E-state index contributed by atoms with van der Waals surface area (Å²) in [6.45, 7) is 7.26. The van der Waals surface area contributed by atoms with Crippen LogP contribution >= 0.6 is 21.2 Å². The first-order valence-electron chi connectivity index (χ1n) is 17.8. The van der Waals surface area contributed by atoms with Gasteiger partial charge in [0.2, 0.25) is 0 Å². The predicted octanol–water partition coefficient (Wildman–Crippen LogP) is 5.24. The molecule has 4 aliphatic rings. The molecular weight excluding hydrogens is 773 g/mol. The quantitative estimate of drug-likeness (QED) is 0.288. The van der Waals surface area contributed by atoms with E-state index in [-0.39, 0.29) is 30.2 Å². The van der Waals surface area contributed by atoms with Crippen molar-refractivity contribution in [2.75, 3.05) is 51.1 Å². The van der Waals surface area contributed by atoms with Gasteiger partial charge in [-0.2, -0.15) is 4.31 Å². The number of rotatable bonds is 7. The zero-order valence-electron chi connectivity index (χ0n) is 28.9. The molecule has 0 radical (unpaired) electrons. The molecule has 0 spiro atoms. The van der Waals surface area contributed by atoms with Gasteiger partial charge in [0.05, 0.1) is 21.2 Å². The second kappa shape index (κ2) is 15.6. The summed E-state index contributed by atoms with van der Waals surface area (Å²) >= 11 is 1.51. The van der Waals surface area contributed by atoms with Crippen LogP contribution in [0.5, 0.6) is 5.75 Å². The van der Waals surface area contributed by atoms with Gasteiger partial charge in [0.15, 0.2) is 6.10 Å². The van der Waals surface area contributed by atoms with Crippen LogP contribution in [0.1, 0.15) is 60.8 Å². The molecule has 14 heteroatoms. The number of benzene rings is 2. The molecule has 3 fully saturated rings. The number of carbonyl (C=O) groups excluding carboxylic acids is 3. The average Bonchev–Trinajstić information content (AvgIpc) is 3.27. The maximum absolute atomic E-state index is 14.1. The number of phenolic OH excluding ortho intramolecular Hbond substituents is 1. The van der Waals surface area contributed by atoms with Crippen LogP contribution in [0.15, 0.2) is 36.4 Å². The van der Waals surface area contributed by atoms with Crippen LogP contribution in [-0.2, 0) is 29.6 Å². The Morgan fingerprint density at radius 2 is 1.48 bits per heavy atom. The molecule has 0 aliphatic carbocycles. The number of piperidine rings is 3. The molecule has 3 saturated heterocycles. The van der Waals surface area contributed by atoms with Crippen LogP contribution in [0.4, 0.5) is 15.3 Å². The summed E-state index contributed by atoms with van der Waals surface area (Å²) in [7, 11) is -3.21. The number of nitrogens with one attached hydrogen (secondary N) is 1. The number of fused-ring (bicyclic) bond motifs is 1. The first-order valence-corrected chi connectivity index (χ1v) is 21.7. The second-order valence-electron chi connectivity index (χ2n) is 14.2. The summed E-state index contributed by atoms with van der Waals surface area (Å²) in [6.07, 6.45) is 3.94. The van der Waals surface area contributed by atoms with Crippen molar-refractivity contribution < 1.29 is 32.6 Å². The van der Waals surface area contributed by atoms with Crippen molar-refractivity contribution >= 4 is 52.1 Å². The molecule has 50 heavy (non-hydrogen) atoms. The molecule has 0 bridgehead atoms. The number of halogens is 1. The summed E-state index contributed by atoms with van der Waals surface area (Å²) in [5, 5.41) is 13.4. The van der Waals surface area contributed by atoms with Crippen molar-refractivity contribution in [2.24, 2.45) is 11.8 Å². The van der Waals surface area contributed by atoms with E-state index in [1.165, 1.54) is 21.2 Å². The Balaban J connectivity index is 1.07. The van der Waals surface area contributed by atoms with Gasteiger partial charge >= 0.3 is 12.1 Å². The van der Waals surface area contributed by atoms with Crippen molar-refractivity contribution in [1.82, 2.24) is 19.0 Å². The third-order valence-corrected chi connectivity index (χ3v) is 13.8. The normalized spacial score (nSPS) is 20.9. The van der Waals surface area contributed by atoms with Crippen LogP contribution in [0.25, 0.3) is 0 Å². The smallest absolute Gasteiger partial charge is 0.410 e. The standard InChI is InChI=1S/C36H48IN5O7S/c1-24-21-26(22-25(2)33(24)43)23-32(34(44)39-14-7-27(8-15-39)28-9-18-41(19-10-28)50(37,47)48)49-36(46)40-16-12-30(13-17-40)42-20-11-29-5-3-4-6-31(29)38-35(42)45/h3-6,21-22,27-28,30,32,43H,7-20,23H2,1-2H3,(H,38,45)/t32-/m1/s1. The molecule has 2 aromatic rings. The van der Waals surface area contributed by atoms with Crippen molar-refractivity contribution in [1.29, 1.82) is 0 Å². The number of aromatic hydroxyl groups is 1. The van der Waals surface area contributed by atoms with Gasteiger partial charge < -0.3 is 29.9 Å². The van der Waals surface area contributed by atoms with Crippen molar-refractivity contribution in [3.63, 3.8) is 0 Å². The third kappa shape index (κ3) is 8.50. The lowest BCUT2D eigenvalue weighted by molar-refractivity contribution is -0.142.